The summed E-state index contributed by atoms with van der Waals surface area (Å²) in [5.41, 5.74) is 2.19. The quantitative estimate of drug-likeness (QED) is 0.445. The minimum atomic E-state index is -0.631. The maximum atomic E-state index is 13.6. The van der Waals surface area contributed by atoms with Gasteiger partial charge in [-0.2, -0.15) is 0 Å². The Kier molecular flexibility index (Phi) is 7.04. The molecule has 1 aliphatic rings. The second kappa shape index (κ2) is 9.99. The summed E-state index contributed by atoms with van der Waals surface area (Å²) in [6.07, 6.45) is 1.78. The lowest BCUT2D eigenvalue weighted by molar-refractivity contribution is -0.136. The van der Waals surface area contributed by atoms with Gasteiger partial charge in [0.15, 0.2) is 16.3 Å². The molecule has 7 nitrogen and oxygen atoms in total. The second-order valence-corrected chi connectivity index (χ2v) is 9.31. The number of methoxy groups -OCH3 is 2. The molecule has 0 bridgehead atoms. The third-order valence-electron chi connectivity index (χ3n) is 5.38. The number of carbonyl (C=O) groups excluding carboxylic acids is 1. The molecule has 9 heteroatoms. The van der Waals surface area contributed by atoms with Gasteiger partial charge < -0.3 is 14.2 Å². The van der Waals surface area contributed by atoms with Gasteiger partial charge in [0.25, 0.3) is 5.56 Å². The van der Waals surface area contributed by atoms with Crippen molar-refractivity contribution in [3.63, 3.8) is 0 Å². The lowest BCUT2D eigenvalue weighted by Gasteiger charge is -2.24. The first-order valence-electron chi connectivity index (χ1n) is 10.6. The van der Waals surface area contributed by atoms with Gasteiger partial charge in [-0.3, -0.25) is 9.36 Å². The van der Waals surface area contributed by atoms with Crippen LogP contribution in [0.4, 0.5) is 0 Å². The van der Waals surface area contributed by atoms with Crippen LogP contribution >= 0.6 is 27.3 Å². The molecule has 0 saturated heterocycles. The van der Waals surface area contributed by atoms with Crippen molar-refractivity contribution in [1.82, 2.24) is 4.57 Å². The Morgan fingerprint density at radius 2 is 1.97 bits per heavy atom. The third-order valence-corrected chi connectivity index (χ3v) is 6.95. The van der Waals surface area contributed by atoms with Crippen LogP contribution in [-0.4, -0.2) is 31.4 Å². The number of aromatic nitrogens is 1. The van der Waals surface area contributed by atoms with Crippen molar-refractivity contribution in [2.24, 2.45) is 4.99 Å². The minimum absolute atomic E-state index is 0.240. The summed E-state index contributed by atoms with van der Waals surface area (Å²) in [7, 11) is 2.89. The summed E-state index contributed by atoms with van der Waals surface area (Å²) in [5.74, 6) is 0.650. The SMILES string of the molecule is CCOc1c(Br)cc(/C=c2\sc3n(c2=O)[C@@H](c2ccccc2)C(C(=O)OC)=C(C)N=3)cc1OC. The number of benzene rings is 2. The molecular weight excluding hydrogens is 520 g/mol. The fourth-order valence-electron chi connectivity index (χ4n) is 3.90. The predicted molar refractivity (Wildman–Crippen MR) is 134 cm³/mol. The van der Waals surface area contributed by atoms with Crippen LogP contribution in [-0.2, 0) is 9.53 Å². The van der Waals surface area contributed by atoms with E-state index in [-0.39, 0.29) is 5.56 Å². The first kappa shape index (κ1) is 24.0. The molecule has 0 radical (unpaired) electrons. The van der Waals surface area contributed by atoms with E-state index in [0.29, 0.717) is 38.7 Å². The van der Waals surface area contributed by atoms with Crippen LogP contribution in [0.1, 0.15) is 31.0 Å². The zero-order valence-corrected chi connectivity index (χ0v) is 21.5. The first-order valence-corrected chi connectivity index (χ1v) is 12.2. The number of carbonyl (C=O) groups is 1. The van der Waals surface area contributed by atoms with E-state index in [1.807, 2.05) is 49.4 Å². The third kappa shape index (κ3) is 4.33. The molecule has 34 heavy (non-hydrogen) atoms. The summed E-state index contributed by atoms with van der Waals surface area (Å²) in [4.78, 5) is 31.4. The maximum Gasteiger partial charge on any atom is 0.338 e. The van der Waals surface area contributed by atoms with E-state index in [4.69, 9.17) is 14.2 Å². The molecule has 0 aliphatic carbocycles. The summed E-state index contributed by atoms with van der Waals surface area (Å²) < 4.78 is 18.9. The molecule has 2 aromatic carbocycles. The highest BCUT2D eigenvalue weighted by Gasteiger charge is 2.32. The van der Waals surface area contributed by atoms with E-state index in [1.54, 1.807) is 24.7 Å². The molecule has 0 N–H and O–H groups in total. The smallest absolute Gasteiger partial charge is 0.338 e. The molecule has 4 rings (SSSR count). The number of hydrogen-bond donors (Lipinski definition) is 0. The molecule has 1 aromatic heterocycles. The van der Waals surface area contributed by atoms with E-state index in [2.05, 4.69) is 20.9 Å². The van der Waals surface area contributed by atoms with E-state index in [0.717, 1.165) is 15.6 Å². The average Bonchev–Trinajstić information content (AvgIpc) is 3.14. The van der Waals surface area contributed by atoms with Crippen molar-refractivity contribution in [3.8, 4) is 11.5 Å². The van der Waals surface area contributed by atoms with Crippen molar-refractivity contribution < 1.29 is 19.0 Å². The zero-order chi connectivity index (χ0) is 24.4. The van der Waals surface area contributed by atoms with Crippen LogP contribution in [0, 0.1) is 0 Å². The van der Waals surface area contributed by atoms with Gasteiger partial charge in [0.2, 0.25) is 0 Å². The Balaban J connectivity index is 1.93. The molecule has 0 fully saturated rings. The number of allylic oxidation sites excluding steroid dienone is 1. The highest BCUT2D eigenvalue weighted by Crippen LogP contribution is 2.37. The average molecular weight is 543 g/mol. The summed E-state index contributed by atoms with van der Waals surface area (Å²) >= 11 is 4.80. The van der Waals surface area contributed by atoms with Gasteiger partial charge in [0, 0.05) is 0 Å². The van der Waals surface area contributed by atoms with Crippen molar-refractivity contribution in [3.05, 3.63) is 89.0 Å². The van der Waals surface area contributed by atoms with E-state index in [9.17, 15) is 9.59 Å². The van der Waals surface area contributed by atoms with Crippen LogP contribution < -0.4 is 24.4 Å². The Labute approximate surface area is 208 Å². The molecule has 1 atom stereocenters. The van der Waals surface area contributed by atoms with Crippen LogP contribution in [0.15, 0.2) is 68.0 Å². The fraction of sp³-hybridized carbons (Fsp3) is 0.240. The highest BCUT2D eigenvalue weighted by molar-refractivity contribution is 9.10. The van der Waals surface area contributed by atoms with E-state index >= 15 is 0 Å². The Morgan fingerprint density at radius 3 is 2.62 bits per heavy atom. The predicted octanol–water partition coefficient (Wildman–Crippen LogP) is 3.58. The van der Waals surface area contributed by atoms with Crippen molar-refractivity contribution in [2.75, 3.05) is 20.8 Å². The number of fused-ring (bicyclic) bond motifs is 1. The molecule has 0 spiro atoms. The topological polar surface area (TPSA) is 79.1 Å². The summed E-state index contributed by atoms with van der Waals surface area (Å²) in [6, 6.07) is 12.5. The lowest BCUT2D eigenvalue weighted by Crippen LogP contribution is -2.39. The minimum Gasteiger partial charge on any atom is -0.493 e. The molecule has 176 valence electrons. The zero-order valence-electron chi connectivity index (χ0n) is 19.1. The van der Waals surface area contributed by atoms with Gasteiger partial charge in [-0.05, 0) is 59.1 Å². The molecule has 0 saturated carbocycles. The number of rotatable bonds is 6. The molecule has 0 amide bonds. The molecule has 1 aliphatic heterocycles. The van der Waals surface area contributed by atoms with Crippen molar-refractivity contribution >= 4 is 39.3 Å². The molecule has 0 unspecified atom stereocenters. The molecule has 3 aromatic rings. The maximum absolute atomic E-state index is 13.6. The standard InChI is InChI=1S/C25H23BrN2O5S/c1-5-33-22-17(26)11-15(12-18(22)31-3)13-19-23(29)28-21(16-9-7-6-8-10-16)20(24(30)32-4)14(2)27-25(28)34-19/h6-13,21H,5H2,1-4H3/b19-13-/t21-/m0/s1. The molecule has 2 heterocycles. The molecular formula is C25H23BrN2O5S. The van der Waals surface area contributed by atoms with Gasteiger partial charge in [-0.15, -0.1) is 0 Å². The van der Waals surface area contributed by atoms with Gasteiger partial charge in [-0.25, -0.2) is 9.79 Å². The van der Waals surface area contributed by atoms with Gasteiger partial charge >= 0.3 is 5.97 Å². The van der Waals surface area contributed by atoms with Crippen LogP contribution in [0.2, 0.25) is 0 Å². The number of thiazole rings is 1. The normalized spacial score (nSPS) is 15.6. The number of esters is 1. The highest BCUT2D eigenvalue weighted by atomic mass is 79.9. The van der Waals surface area contributed by atoms with Crippen LogP contribution in [0.5, 0.6) is 11.5 Å². The number of hydrogen-bond acceptors (Lipinski definition) is 7. The number of nitrogens with zero attached hydrogens (tertiary/aromatic N) is 2. The van der Waals surface area contributed by atoms with Gasteiger partial charge in [0.1, 0.15) is 0 Å². The monoisotopic (exact) mass is 542 g/mol. The van der Waals surface area contributed by atoms with Gasteiger partial charge in [0.05, 0.1) is 47.1 Å². The van der Waals surface area contributed by atoms with Crippen molar-refractivity contribution in [1.29, 1.82) is 0 Å². The Hall–Kier alpha value is -3.17. The number of halogens is 1. The summed E-state index contributed by atoms with van der Waals surface area (Å²) in [5, 5.41) is 0. The first-order chi connectivity index (χ1) is 16.4. The van der Waals surface area contributed by atoms with Crippen LogP contribution in [0.3, 0.4) is 0 Å². The Morgan fingerprint density at radius 1 is 1.24 bits per heavy atom. The van der Waals surface area contributed by atoms with E-state index in [1.165, 1.54) is 18.4 Å². The second-order valence-electron chi connectivity index (χ2n) is 7.45. The Bertz CT molecular complexity index is 1460. The van der Waals surface area contributed by atoms with Crippen molar-refractivity contribution in [2.45, 2.75) is 19.9 Å². The van der Waals surface area contributed by atoms with Gasteiger partial charge in [-0.1, -0.05) is 41.7 Å². The summed E-state index contributed by atoms with van der Waals surface area (Å²) in [6.45, 7) is 4.15. The largest absolute Gasteiger partial charge is 0.493 e. The van der Waals surface area contributed by atoms with Crippen LogP contribution in [0.25, 0.3) is 6.08 Å². The number of ether oxygens (including phenoxy) is 3. The fourth-order valence-corrected chi connectivity index (χ4v) is 5.52. The lowest BCUT2D eigenvalue weighted by atomic mass is 9.96. The van der Waals surface area contributed by atoms with E-state index < -0.39 is 12.0 Å².